The molecule has 2 amide bonds. The highest BCUT2D eigenvalue weighted by atomic mass is 16.5. The molecule has 1 atom stereocenters. The average Bonchev–Trinajstić information content (AvgIpc) is 3.57. The lowest BCUT2D eigenvalue weighted by Crippen LogP contribution is -2.50. The summed E-state index contributed by atoms with van der Waals surface area (Å²) in [5.41, 5.74) is 1.96. The molecule has 3 fully saturated rings. The minimum atomic E-state index is -0.294. The Kier molecular flexibility index (Phi) is 8.57. The van der Waals surface area contributed by atoms with Crippen molar-refractivity contribution in [1.29, 1.82) is 0 Å². The number of carbonyl (C=O) groups is 2. The maximum atomic E-state index is 14.0. The number of fused-ring (bicyclic) bond motifs is 1. The number of rotatable bonds is 9. The van der Waals surface area contributed by atoms with E-state index in [4.69, 9.17) is 9.72 Å². The van der Waals surface area contributed by atoms with Crippen LogP contribution in [-0.4, -0.2) is 57.6 Å². The summed E-state index contributed by atoms with van der Waals surface area (Å²) in [7, 11) is 0. The molecule has 196 valence electrons. The summed E-state index contributed by atoms with van der Waals surface area (Å²) < 4.78 is 7.62. The SMILES string of the molecule is O=C(NCCCc1nc2ccccc2n1CC(=O)N(C1CCCCC1)C1CCCCC1)C1CCCO1. The summed E-state index contributed by atoms with van der Waals surface area (Å²) in [5.74, 6) is 1.18. The molecule has 1 saturated heterocycles. The fourth-order valence-electron chi connectivity index (χ4n) is 6.49. The minimum Gasteiger partial charge on any atom is -0.368 e. The first kappa shape index (κ1) is 25.2. The van der Waals surface area contributed by atoms with Gasteiger partial charge in [0.15, 0.2) is 0 Å². The number of benzene rings is 1. The molecule has 0 spiro atoms. The van der Waals surface area contributed by atoms with Gasteiger partial charge in [-0.3, -0.25) is 9.59 Å². The van der Waals surface area contributed by atoms with Gasteiger partial charge in [0.2, 0.25) is 11.8 Å². The van der Waals surface area contributed by atoms with E-state index in [1.54, 1.807) is 0 Å². The van der Waals surface area contributed by atoms with Crippen LogP contribution in [0.5, 0.6) is 0 Å². The number of aromatic nitrogens is 2. The maximum absolute atomic E-state index is 14.0. The predicted octanol–water partition coefficient (Wildman–Crippen LogP) is 4.76. The topological polar surface area (TPSA) is 76.5 Å². The van der Waals surface area contributed by atoms with Gasteiger partial charge in [-0.15, -0.1) is 0 Å². The number of imidazole rings is 1. The highest BCUT2D eigenvalue weighted by Crippen LogP contribution is 2.31. The Morgan fingerprint density at radius 2 is 1.64 bits per heavy atom. The molecular formula is C29H42N4O3. The van der Waals surface area contributed by atoms with Crippen molar-refractivity contribution in [2.24, 2.45) is 0 Å². The molecule has 1 aliphatic heterocycles. The van der Waals surface area contributed by atoms with Gasteiger partial charge in [-0.05, 0) is 57.1 Å². The zero-order chi connectivity index (χ0) is 24.7. The summed E-state index contributed by atoms with van der Waals surface area (Å²) in [4.78, 5) is 33.5. The van der Waals surface area contributed by atoms with Crippen molar-refractivity contribution in [3.8, 4) is 0 Å². The van der Waals surface area contributed by atoms with E-state index in [0.717, 1.165) is 68.2 Å². The fourth-order valence-corrected chi connectivity index (χ4v) is 6.49. The van der Waals surface area contributed by atoms with E-state index in [1.807, 2.05) is 18.2 Å². The molecule has 1 aromatic heterocycles. The molecule has 2 aromatic rings. The first-order chi connectivity index (χ1) is 17.7. The van der Waals surface area contributed by atoms with Crippen molar-refractivity contribution >= 4 is 22.8 Å². The van der Waals surface area contributed by atoms with Crippen LogP contribution in [0.15, 0.2) is 24.3 Å². The lowest BCUT2D eigenvalue weighted by atomic mass is 9.88. The van der Waals surface area contributed by atoms with Crippen molar-refractivity contribution in [3.63, 3.8) is 0 Å². The van der Waals surface area contributed by atoms with Crippen LogP contribution in [0.2, 0.25) is 0 Å². The molecule has 36 heavy (non-hydrogen) atoms. The molecule has 2 heterocycles. The lowest BCUT2D eigenvalue weighted by molar-refractivity contribution is -0.138. The zero-order valence-electron chi connectivity index (χ0n) is 21.6. The number of aryl methyl sites for hydroxylation is 1. The van der Waals surface area contributed by atoms with Crippen LogP contribution in [0.4, 0.5) is 0 Å². The Bertz CT molecular complexity index is 999. The molecule has 1 aromatic carbocycles. The van der Waals surface area contributed by atoms with Gasteiger partial charge in [-0.25, -0.2) is 4.98 Å². The van der Waals surface area contributed by atoms with Crippen molar-refractivity contribution < 1.29 is 14.3 Å². The van der Waals surface area contributed by atoms with Gasteiger partial charge in [0, 0.05) is 31.7 Å². The molecular weight excluding hydrogens is 452 g/mol. The fraction of sp³-hybridized carbons (Fsp3) is 0.690. The number of nitrogens with one attached hydrogen (secondary N) is 1. The summed E-state index contributed by atoms with van der Waals surface area (Å²) >= 11 is 0. The molecule has 2 aliphatic carbocycles. The molecule has 3 aliphatic rings. The van der Waals surface area contributed by atoms with Crippen LogP contribution in [0.1, 0.15) is 89.3 Å². The van der Waals surface area contributed by atoms with Crippen molar-refractivity contribution in [3.05, 3.63) is 30.1 Å². The molecule has 7 heteroatoms. The van der Waals surface area contributed by atoms with E-state index in [0.29, 0.717) is 31.8 Å². The standard InChI is InChI=1S/C29H42N4O3/c34-28(33(22-11-3-1-4-12-22)23-13-5-2-6-14-23)21-32-25-16-8-7-15-24(25)31-27(32)18-9-19-30-29(35)26-17-10-20-36-26/h7-8,15-16,22-23,26H,1-6,9-14,17-21H2,(H,30,35). The van der Waals surface area contributed by atoms with Crippen LogP contribution >= 0.6 is 0 Å². The Balaban J connectivity index is 1.29. The van der Waals surface area contributed by atoms with Crippen LogP contribution in [-0.2, 0) is 27.3 Å². The van der Waals surface area contributed by atoms with Crippen LogP contribution < -0.4 is 5.32 Å². The quantitative estimate of drug-likeness (QED) is 0.510. The number of hydrogen-bond acceptors (Lipinski definition) is 4. The molecule has 0 radical (unpaired) electrons. The summed E-state index contributed by atoms with van der Waals surface area (Å²) in [6, 6.07) is 8.91. The summed E-state index contributed by atoms with van der Waals surface area (Å²) in [6.07, 6.45) is 15.1. The monoisotopic (exact) mass is 494 g/mol. The minimum absolute atomic E-state index is 0.00761. The van der Waals surface area contributed by atoms with E-state index in [2.05, 4.69) is 20.9 Å². The number of para-hydroxylation sites is 2. The number of nitrogens with zero attached hydrogens (tertiary/aromatic N) is 3. The molecule has 1 N–H and O–H groups in total. The molecule has 2 saturated carbocycles. The van der Waals surface area contributed by atoms with Gasteiger partial charge >= 0.3 is 0 Å². The second-order valence-electron chi connectivity index (χ2n) is 10.9. The first-order valence-electron chi connectivity index (χ1n) is 14.4. The van der Waals surface area contributed by atoms with E-state index in [9.17, 15) is 9.59 Å². The predicted molar refractivity (Wildman–Crippen MR) is 141 cm³/mol. The van der Waals surface area contributed by atoms with E-state index in [1.165, 1.54) is 38.5 Å². The van der Waals surface area contributed by atoms with Gasteiger partial charge in [0.1, 0.15) is 18.5 Å². The normalized spacial score (nSPS) is 21.6. The van der Waals surface area contributed by atoms with E-state index < -0.39 is 0 Å². The zero-order valence-corrected chi connectivity index (χ0v) is 21.6. The Morgan fingerprint density at radius 1 is 0.944 bits per heavy atom. The second-order valence-corrected chi connectivity index (χ2v) is 10.9. The van der Waals surface area contributed by atoms with E-state index >= 15 is 0 Å². The summed E-state index contributed by atoms with van der Waals surface area (Å²) in [5, 5.41) is 3.02. The second kappa shape index (κ2) is 12.2. The largest absolute Gasteiger partial charge is 0.368 e. The van der Waals surface area contributed by atoms with E-state index in [-0.39, 0.29) is 17.9 Å². The summed E-state index contributed by atoms with van der Waals surface area (Å²) in [6.45, 7) is 1.62. The Hall–Kier alpha value is -2.41. The van der Waals surface area contributed by atoms with Gasteiger partial charge in [-0.2, -0.15) is 0 Å². The smallest absolute Gasteiger partial charge is 0.249 e. The number of carbonyl (C=O) groups excluding carboxylic acids is 2. The molecule has 0 bridgehead atoms. The lowest BCUT2D eigenvalue weighted by Gasteiger charge is -2.42. The van der Waals surface area contributed by atoms with Gasteiger partial charge in [0.05, 0.1) is 11.0 Å². The maximum Gasteiger partial charge on any atom is 0.249 e. The number of ether oxygens (including phenoxy) is 1. The van der Waals surface area contributed by atoms with Crippen LogP contribution in [0, 0.1) is 0 Å². The highest BCUT2D eigenvalue weighted by molar-refractivity contribution is 5.82. The van der Waals surface area contributed by atoms with Crippen molar-refractivity contribution in [2.45, 2.75) is 115 Å². The van der Waals surface area contributed by atoms with Crippen LogP contribution in [0.3, 0.4) is 0 Å². The number of amides is 2. The third-order valence-electron chi connectivity index (χ3n) is 8.35. The molecule has 7 nitrogen and oxygen atoms in total. The third kappa shape index (κ3) is 5.93. The van der Waals surface area contributed by atoms with Gasteiger partial charge in [0.25, 0.3) is 0 Å². The molecule has 5 rings (SSSR count). The highest BCUT2D eigenvalue weighted by Gasteiger charge is 2.33. The van der Waals surface area contributed by atoms with Gasteiger partial charge < -0.3 is 19.5 Å². The third-order valence-corrected chi connectivity index (χ3v) is 8.35. The van der Waals surface area contributed by atoms with Crippen molar-refractivity contribution in [1.82, 2.24) is 19.8 Å². The average molecular weight is 495 g/mol. The van der Waals surface area contributed by atoms with Crippen LogP contribution in [0.25, 0.3) is 11.0 Å². The Morgan fingerprint density at radius 3 is 2.31 bits per heavy atom. The molecule has 1 unspecified atom stereocenters. The Labute approximate surface area is 215 Å². The number of hydrogen-bond donors (Lipinski definition) is 1. The first-order valence-corrected chi connectivity index (χ1v) is 14.4. The van der Waals surface area contributed by atoms with Gasteiger partial charge in [-0.1, -0.05) is 50.7 Å². The van der Waals surface area contributed by atoms with Crippen molar-refractivity contribution in [2.75, 3.05) is 13.2 Å².